The number of amides is 4. The zero-order valence-electron chi connectivity index (χ0n) is 25.5. The number of carboxylic acids is 1. The largest absolute Gasteiger partial charge is 0.480 e. The summed E-state index contributed by atoms with van der Waals surface area (Å²) in [5.74, 6) is -1.59. The van der Waals surface area contributed by atoms with Gasteiger partial charge in [-0.15, -0.1) is 0 Å². The number of carboxylic acid groups (broad SMARTS) is 1. The Bertz CT molecular complexity index is 842. The second kappa shape index (κ2) is 16.8. The van der Waals surface area contributed by atoms with Gasteiger partial charge in [-0.2, -0.15) is 0 Å². The molecule has 2 unspecified atom stereocenters. The third-order valence-electron chi connectivity index (χ3n) is 4.80. The van der Waals surface area contributed by atoms with Crippen LogP contribution in [0.3, 0.4) is 0 Å². The van der Waals surface area contributed by atoms with Crippen molar-refractivity contribution in [2.75, 3.05) is 13.1 Å². The molecule has 0 saturated carbocycles. The molecule has 0 aliphatic rings. The zero-order chi connectivity index (χ0) is 31.1. The van der Waals surface area contributed by atoms with Gasteiger partial charge in [0.15, 0.2) is 0 Å². The summed E-state index contributed by atoms with van der Waals surface area (Å²) in [5, 5.41) is 19.7. The van der Waals surface area contributed by atoms with Gasteiger partial charge in [0.05, 0.1) is 0 Å². The van der Waals surface area contributed by atoms with E-state index in [9.17, 15) is 29.1 Å². The van der Waals surface area contributed by atoms with Gasteiger partial charge in [0, 0.05) is 13.1 Å². The molecular weight excluding hydrogens is 524 g/mol. The summed E-state index contributed by atoms with van der Waals surface area (Å²) in [7, 11) is 0. The maximum absolute atomic E-state index is 12.8. The smallest absolute Gasteiger partial charge is 0.408 e. The van der Waals surface area contributed by atoms with Crippen molar-refractivity contribution in [1.82, 2.24) is 21.3 Å². The SMILES string of the molecule is CC(C)(C)OC(=O)NCCCCC(NC(=O)OC(C)(C)C)C(=O)NCCCCC(NC(=O)OC(C)(C)C)C(=O)O. The number of nitrogens with one attached hydrogen (secondary N) is 4. The van der Waals surface area contributed by atoms with Gasteiger partial charge in [0.25, 0.3) is 0 Å². The van der Waals surface area contributed by atoms with E-state index >= 15 is 0 Å². The summed E-state index contributed by atoms with van der Waals surface area (Å²) in [6.07, 6.45) is 0.331. The lowest BCUT2D eigenvalue weighted by molar-refractivity contribution is -0.139. The lowest BCUT2D eigenvalue weighted by atomic mass is 10.1. The first-order valence-corrected chi connectivity index (χ1v) is 13.6. The molecule has 0 spiro atoms. The average Bonchev–Trinajstić information content (AvgIpc) is 2.72. The Labute approximate surface area is 237 Å². The number of hydrogen-bond acceptors (Lipinski definition) is 8. The molecule has 0 aromatic rings. The highest BCUT2D eigenvalue weighted by Crippen LogP contribution is 2.11. The van der Waals surface area contributed by atoms with Crippen LogP contribution >= 0.6 is 0 Å². The monoisotopic (exact) mass is 574 g/mol. The summed E-state index contributed by atoms with van der Waals surface area (Å²) in [6.45, 7) is 16.1. The highest BCUT2D eigenvalue weighted by atomic mass is 16.6. The van der Waals surface area contributed by atoms with E-state index in [4.69, 9.17) is 14.2 Å². The number of rotatable bonds is 14. The third-order valence-corrected chi connectivity index (χ3v) is 4.80. The van der Waals surface area contributed by atoms with Gasteiger partial charge in [-0.25, -0.2) is 19.2 Å². The molecule has 0 radical (unpaired) electrons. The van der Waals surface area contributed by atoms with E-state index in [1.165, 1.54) is 0 Å². The lowest BCUT2D eigenvalue weighted by Crippen LogP contribution is -2.48. The second-order valence-electron chi connectivity index (χ2n) is 12.4. The minimum absolute atomic E-state index is 0.148. The van der Waals surface area contributed by atoms with Gasteiger partial charge >= 0.3 is 24.2 Å². The van der Waals surface area contributed by atoms with Crippen LogP contribution in [0.2, 0.25) is 0 Å². The Balaban J connectivity index is 4.76. The first kappa shape index (κ1) is 36.8. The molecule has 232 valence electrons. The second-order valence-corrected chi connectivity index (χ2v) is 12.4. The van der Waals surface area contributed by atoms with Crippen LogP contribution in [0.1, 0.15) is 101 Å². The highest BCUT2D eigenvalue weighted by molar-refractivity contribution is 5.85. The van der Waals surface area contributed by atoms with Crippen molar-refractivity contribution in [1.29, 1.82) is 0 Å². The van der Waals surface area contributed by atoms with Gasteiger partial charge in [0.1, 0.15) is 28.9 Å². The fourth-order valence-electron chi connectivity index (χ4n) is 3.21. The average molecular weight is 575 g/mol. The van der Waals surface area contributed by atoms with E-state index in [2.05, 4.69) is 21.3 Å². The number of aliphatic carboxylic acids is 1. The Morgan fingerprint density at radius 2 is 0.950 bits per heavy atom. The fourth-order valence-corrected chi connectivity index (χ4v) is 3.21. The summed E-state index contributed by atoms with van der Waals surface area (Å²) >= 11 is 0. The van der Waals surface area contributed by atoms with E-state index in [1.807, 2.05) is 0 Å². The van der Waals surface area contributed by atoms with Gasteiger partial charge in [-0.3, -0.25) is 4.79 Å². The van der Waals surface area contributed by atoms with E-state index in [0.29, 0.717) is 38.6 Å². The molecular formula is C27H50N4O9. The fraction of sp³-hybridized carbons (Fsp3) is 0.815. The molecule has 0 fully saturated rings. The first-order chi connectivity index (χ1) is 18.2. The van der Waals surface area contributed by atoms with Gasteiger partial charge in [-0.05, 0) is 101 Å². The molecule has 13 nitrogen and oxygen atoms in total. The van der Waals surface area contributed by atoms with Crippen LogP contribution in [0.4, 0.5) is 14.4 Å². The number of carbonyl (C=O) groups is 5. The number of ether oxygens (including phenoxy) is 3. The topological polar surface area (TPSA) is 181 Å². The molecule has 0 rings (SSSR count). The molecule has 40 heavy (non-hydrogen) atoms. The normalized spacial score (nSPS) is 13.3. The molecule has 0 aromatic carbocycles. The molecule has 0 heterocycles. The van der Waals surface area contributed by atoms with Gasteiger partial charge in [0.2, 0.25) is 5.91 Å². The molecule has 0 aromatic heterocycles. The van der Waals surface area contributed by atoms with Crippen LogP contribution in [0.15, 0.2) is 0 Å². The minimum Gasteiger partial charge on any atom is -0.480 e. The van der Waals surface area contributed by atoms with Crippen molar-refractivity contribution in [2.24, 2.45) is 0 Å². The molecule has 2 atom stereocenters. The minimum atomic E-state index is -1.18. The molecule has 0 bridgehead atoms. The number of unbranched alkanes of at least 4 members (excludes halogenated alkanes) is 2. The van der Waals surface area contributed by atoms with E-state index in [1.54, 1.807) is 62.3 Å². The predicted molar refractivity (Wildman–Crippen MR) is 149 cm³/mol. The van der Waals surface area contributed by atoms with Crippen molar-refractivity contribution in [3.63, 3.8) is 0 Å². The molecule has 4 amide bonds. The van der Waals surface area contributed by atoms with Crippen molar-refractivity contribution in [3.05, 3.63) is 0 Å². The highest BCUT2D eigenvalue weighted by Gasteiger charge is 2.25. The number of hydrogen-bond donors (Lipinski definition) is 5. The molecule has 0 aliphatic heterocycles. The molecule has 0 aliphatic carbocycles. The van der Waals surface area contributed by atoms with Crippen LogP contribution in [0.5, 0.6) is 0 Å². The Kier molecular flexibility index (Phi) is 15.4. The van der Waals surface area contributed by atoms with E-state index in [0.717, 1.165) is 0 Å². The van der Waals surface area contributed by atoms with Crippen LogP contribution in [0.25, 0.3) is 0 Å². The molecule has 5 N–H and O–H groups in total. The number of carbonyl (C=O) groups excluding carboxylic acids is 4. The third kappa shape index (κ3) is 20.7. The van der Waals surface area contributed by atoms with E-state index in [-0.39, 0.29) is 13.0 Å². The zero-order valence-corrected chi connectivity index (χ0v) is 25.5. The molecule has 0 saturated heterocycles. The Hall–Kier alpha value is -3.25. The van der Waals surface area contributed by atoms with Crippen LogP contribution in [-0.4, -0.2) is 77.2 Å². The van der Waals surface area contributed by atoms with Crippen molar-refractivity contribution in [3.8, 4) is 0 Å². The Morgan fingerprint density at radius 1 is 0.575 bits per heavy atom. The summed E-state index contributed by atoms with van der Waals surface area (Å²) < 4.78 is 15.6. The number of alkyl carbamates (subject to hydrolysis) is 3. The Morgan fingerprint density at radius 3 is 1.38 bits per heavy atom. The van der Waals surface area contributed by atoms with Crippen molar-refractivity contribution in [2.45, 2.75) is 130 Å². The van der Waals surface area contributed by atoms with Crippen LogP contribution < -0.4 is 21.3 Å². The summed E-state index contributed by atoms with van der Waals surface area (Å²) in [5.41, 5.74) is -2.10. The van der Waals surface area contributed by atoms with Gasteiger partial charge < -0.3 is 40.6 Å². The van der Waals surface area contributed by atoms with E-state index < -0.39 is 59.0 Å². The standard InChI is InChI=1S/C27H50N4O9/c1-25(2,3)38-22(35)29-17-13-10-14-18(30-23(36)39-26(4,5)6)20(32)28-16-12-11-15-19(21(33)34)31-24(37)40-27(7,8)9/h18-19H,10-17H2,1-9H3,(H,28,32)(H,29,35)(H,30,36)(H,31,37)(H,33,34). The summed E-state index contributed by atoms with van der Waals surface area (Å²) in [4.78, 5) is 60.3. The van der Waals surface area contributed by atoms with Crippen LogP contribution in [0, 0.1) is 0 Å². The maximum atomic E-state index is 12.8. The van der Waals surface area contributed by atoms with Crippen molar-refractivity contribution >= 4 is 30.2 Å². The summed E-state index contributed by atoms with van der Waals surface area (Å²) in [6, 6.07) is -1.99. The van der Waals surface area contributed by atoms with Gasteiger partial charge in [-0.1, -0.05) is 0 Å². The quantitative estimate of drug-likeness (QED) is 0.152. The lowest BCUT2D eigenvalue weighted by Gasteiger charge is -2.23. The maximum Gasteiger partial charge on any atom is 0.408 e. The van der Waals surface area contributed by atoms with Crippen LogP contribution in [-0.2, 0) is 23.8 Å². The first-order valence-electron chi connectivity index (χ1n) is 13.6. The molecule has 13 heteroatoms. The van der Waals surface area contributed by atoms with Crippen molar-refractivity contribution < 1.29 is 43.3 Å². The predicted octanol–water partition coefficient (Wildman–Crippen LogP) is 3.84.